The van der Waals surface area contributed by atoms with Gasteiger partial charge >= 0.3 is 12.1 Å². The van der Waals surface area contributed by atoms with Gasteiger partial charge in [0.25, 0.3) is 0 Å². The summed E-state index contributed by atoms with van der Waals surface area (Å²) < 4.78 is 23.8. The highest BCUT2D eigenvalue weighted by molar-refractivity contribution is 8.77. The number of esters is 1. The van der Waals surface area contributed by atoms with E-state index in [4.69, 9.17) is 18.9 Å². The van der Waals surface area contributed by atoms with Crippen LogP contribution in [0.15, 0.2) is 78.9 Å². The van der Waals surface area contributed by atoms with Crippen LogP contribution < -0.4 is 16.0 Å². The van der Waals surface area contributed by atoms with E-state index < -0.39 is 18.2 Å². The summed E-state index contributed by atoms with van der Waals surface area (Å²) in [6, 6.07) is 25.1. The van der Waals surface area contributed by atoms with E-state index in [0.29, 0.717) is 38.2 Å². The van der Waals surface area contributed by atoms with Gasteiger partial charge in [-0.15, -0.1) is 0 Å². The minimum absolute atomic E-state index is 0.0319. The maximum absolute atomic E-state index is 13.7. The van der Waals surface area contributed by atoms with Crippen molar-refractivity contribution in [2.24, 2.45) is 0 Å². The summed E-state index contributed by atoms with van der Waals surface area (Å²) in [6.07, 6.45) is 2.51. The Bertz CT molecular complexity index is 1650. The molecule has 1 saturated heterocycles. The summed E-state index contributed by atoms with van der Waals surface area (Å²) in [6.45, 7) is 7.56. The van der Waals surface area contributed by atoms with Crippen molar-refractivity contribution in [1.29, 1.82) is 0 Å². The quantitative estimate of drug-likeness (QED) is 0.0842. The number of fused-ring (bicyclic) bond motifs is 3. The number of methoxy groups -OCH3 is 1. The Morgan fingerprint density at radius 3 is 2.22 bits per heavy atom. The minimum atomic E-state index is -0.823. The number of alkyl carbamates (subject to hydrolysis) is 1. The van der Waals surface area contributed by atoms with Crippen molar-refractivity contribution in [2.75, 3.05) is 44.6 Å². The molecule has 55 heavy (non-hydrogen) atoms. The molecular weight excluding hydrogens is 755 g/mol. The molecule has 1 fully saturated rings. The Kier molecular flexibility index (Phi) is 16.7. The lowest BCUT2D eigenvalue weighted by Gasteiger charge is -2.37. The highest BCUT2D eigenvalue weighted by atomic mass is 33.1. The molecule has 10 nitrogen and oxygen atoms in total. The van der Waals surface area contributed by atoms with Gasteiger partial charge in [-0.2, -0.15) is 11.8 Å². The first-order valence-corrected chi connectivity index (χ1v) is 22.6. The van der Waals surface area contributed by atoms with Crippen LogP contribution in [0.5, 0.6) is 0 Å². The largest absolute Gasteiger partial charge is 0.468 e. The van der Waals surface area contributed by atoms with E-state index in [9.17, 15) is 14.4 Å². The van der Waals surface area contributed by atoms with Crippen LogP contribution in [0.2, 0.25) is 0 Å². The standard InChI is InChI=1S/C42H55N3O7S3/c1-42(2,3)55-54-27-36(45-41(48)51-26-34-32-17-11-9-15-30(32)31-16-10-12-18-33(31)34)39(46)44-23-29-19-20-37(50-25-28-13-7-6-8-14-28)38(52-29)24-43-35(21-22-53-5)40(47)49-4/h6-18,29,34-38,43H,19-27H2,1-5H3,(H,44,46)(H,45,48)/t29-,35-,36-,37-,38+/m0/s1. The first-order chi connectivity index (χ1) is 26.6. The van der Waals surface area contributed by atoms with Gasteiger partial charge in [0.15, 0.2) is 0 Å². The highest BCUT2D eigenvalue weighted by Gasteiger charge is 2.35. The van der Waals surface area contributed by atoms with E-state index in [2.05, 4.69) is 61.0 Å². The number of thioether (sulfide) groups is 1. The molecule has 0 spiro atoms. The smallest absolute Gasteiger partial charge is 0.407 e. The zero-order valence-electron chi connectivity index (χ0n) is 32.4. The highest BCUT2D eigenvalue weighted by Crippen LogP contribution is 2.44. The number of amides is 2. The summed E-state index contributed by atoms with van der Waals surface area (Å²) in [4.78, 5) is 39.6. The lowest BCUT2D eigenvalue weighted by molar-refractivity contribution is -0.149. The van der Waals surface area contributed by atoms with E-state index in [1.54, 1.807) is 22.6 Å². The molecule has 2 amide bonds. The molecule has 0 radical (unpaired) electrons. The van der Waals surface area contributed by atoms with Crippen LogP contribution >= 0.6 is 33.3 Å². The fourth-order valence-electron chi connectivity index (χ4n) is 6.76. The molecule has 5 rings (SSSR count). The van der Waals surface area contributed by atoms with Crippen LogP contribution in [0.3, 0.4) is 0 Å². The lowest BCUT2D eigenvalue weighted by Crippen LogP contribution is -2.53. The zero-order chi connectivity index (χ0) is 39.2. The van der Waals surface area contributed by atoms with Gasteiger partial charge < -0.3 is 34.9 Å². The van der Waals surface area contributed by atoms with Gasteiger partial charge in [-0.25, -0.2) is 4.79 Å². The molecule has 1 aliphatic carbocycles. The lowest BCUT2D eigenvalue weighted by atomic mass is 9.98. The van der Waals surface area contributed by atoms with Crippen LogP contribution in [-0.2, 0) is 35.1 Å². The number of hydrogen-bond acceptors (Lipinski definition) is 11. The van der Waals surface area contributed by atoms with Gasteiger partial charge in [-0.05, 0) is 59.1 Å². The predicted octanol–water partition coefficient (Wildman–Crippen LogP) is 7.21. The number of nitrogens with one attached hydrogen (secondary N) is 3. The Morgan fingerprint density at radius 1 is 0.891 bits per heavy atom. The number of hydrogen-bond donors (Lipinski definition) is 3. The molecule has 1 heterocycles. The molecule has 3 N–H and O–H groups in total. The topological polar surface area (TPSA) is 124 Å². The predicted molar refractivity (Wildman–Crippen MR) is 225 cm³/mol. The SMILES string of the molecule is COC(=O)[C@H](CCSC)NC[C@H]1O[C@H](CNC(=O)[C@H](CSSC(C)(C)C)NC(=O)OCC2c3ccccc3-c3ccccc32)CC[C@@H]1OCc1ccccc1. The van der Waals surface area contributed by atoms with Gasteiger partial charge in [-0.1, -0.05) is 121 Å². The Balaban J connectivity index is 1.19. The van der Waals surface area contributed by atoms with Crippen molar-refractivity contribution in [3.8, 4) is 11.1 Å². The second-order valence-corrected chi connectivity index (χ2v) is 18.9. The normalized spacial score (nSPS) is 19.1. The first-order valence-electron chi connectivity index (χ1n) is 18.9. The monoisotopic (exact) mass is 809 g/mol. The maximum Gasteiger partial charge on any atom is 0.407 e. The molecule has 2 aliphatic rings. The number of benzene rings is 3. The number of rotatable bonds is 19. The molecular formula is C42H55N3O7S3. The molecule has 5 atom stereocenters. The summed E-state index contributed by atoms with van der Waals surface area (Å²) in [5.74, 6) is 0.456. The van der Waals surface area contributed by atoms with Gasteiger partial charge in [0.05, 0.1) is 32.0 Å². The average Bonchev–Trinajstić information content (AvgIpc) is 3.51. The van der Waals surface area contributed by atoms with E-state index in [1.165, 1.54) is 17.9 Å². The summed E-state index contributed by atoms with van der Waals surface area (Å²) >= 11 is 1.67. The second kappa shape index (κ2) is 21.4. The molecule has 298 valence electrons. The molecule has 1 aliphatic heterocycles. The van der Waals surface area contributed by atoms with Gasteiger partial charge in [-0.3, -0.25) is 9.59 Å². The van der Waals surface area contributed by atoms with Crippen molar-refractivity contribution in [3.63, 3.8) is 0 Å². The van der Waals surface area contributed by atoms with E-state index in [1.807, 2.05) is 60.9 Å². The third kappa shape index (κ3) is 12.9. The maximum atomic E-state index is 13.7. The van der Waals surface area contributed by atoms with Crippen molar-refractivity contribution in [1.82, 2.24) is 16.0 Å². The van der Waals surface area contributed by atoms with Crippen molar-refractivity contribution in [3.05, 3.63) is 95.6 Å². The van der Waals surface area contributed by atoms with Gasteiger partial charge in [0.1, 0.15) is 18.7 Å². The average molecular weight is 810 g/mol. The number of ether oxygens (including phenoxy) is 4. The number of carbonyl (C=O) groups excluding carboxylic acids is 3. The Morgan fingerprint density at radius 2 is 1.56 bits per heavy atom. The van der Waals surface area contributed by atoms with Gasteiger partial charge in [0, 0.05) is 29.5 Å². The van der Waals surface area contributed by atoms with Crippen LogP contribution in [0.1, 0.15) is 62.6 Å². The Labute approximate surface area is 338 Å². The first kappa shape index (κ1) is 42.9. The molecule has 0 bridgehead atoms. The Hall–Kier alpha value is -3.20. The van der Waals surface area contributed by atoms with Crippen molar-refractivity contribution >= 4 is 51.3 Å². The minimum Gasteiger partial charge on any atom is -0.468 e. The summed E-state index contributed by atoms with van der Waals surface area (Å²) in [7, 11) is 4.59. The third-order valence-electron chi connectivity index (χ3n) is 9.52. The van der Waals surface area contributed by atoms with Gasteiger partial charge in [0.2, 0.25) is 5.91 Å². The van der Waals surface area contributed by atoms with Crippen LogP contribution in [0.4, 0.5) is 4.79 Å². The fraction of sp³-hybridized carbons (Fsp3) is 0.500. The molecule has 0 aromatic heterocycles. The van der Waals surface area contributed by atoms with E-state index in [0.717, 1.165) is 33.6 Å². The molecule has 0 saturated carbocycles. The zero-order valence-corrected chi connectivity index (χ0v) is 34.9. The summed E-state index contributed by atoms with van der Waals surface area (Å²) in [5, 5.41) is 9.26. The molecule has 3 aromatic carbocycles. The van der Waals surface area contributed by atoms with E-state index >= 15 is 0 Å². The molecule has 13 heteroatoms. The van der Waals surface area contributed by atoms with E-state index in [-0.39, 0.29) is 54.0 Å². The molecule has 3 aromatic rings. The fourth-order valence-corrected chi connectivity index (χ4v) is 9.69. The van der Waals surface area contributed by atoms with Crippen LogP contribution in [-0.4, -0.2) is 97.7 Å². The number of carbonyl (C=O) groups is 3. The summed E-state index contributed by atoms with van der Waals surface area (Å²) in [5.41, 5.74) is 5.61. The van der Waals surface area contributed by atoms with Crippen molar-refractivity contribution in [2.45, 2.75) is 87.7 Å². The second-order valence-electron chi connectivity index (χ2n) is 14.7. The third-order valence-corrected chi connectivity index (χ3v) is 13.5. The van der Waals surface area contributed by atoms with Crippen molar-refractivity contribution < 1.29 is 33.3 Å². The van der Waals surface area contributed by atoms with Crippen LogP contribution in [0.25, 0.3) is 11.1 Å². The van der Waals surface area contributed by atoms with Crippen LogP contribution in [0, 0.1) is 0 Å². The molecule has 0 unspecified atom stereocenters.